The first-order chi connectivity index (χ1) is 17.7. The van der Waals surface area contributed by atoms with Crippen LogP contribution in [0, 0.1) is 71.1 Å². The van der Waals surface area contributed by atoms with Gasteiger partial charge in [0.25, 0.3) is 0 Å². The van der Waals surface area contributed by atoms with Crippen molar-refractivity contribution in [3.8, 4) is 0 Å². The first kappa shape index (κ1) is 34.1. The SMILES string of the molecule is [CH2-]CC(=C=CC(c1ccccc1)C([O-])c1ccc(Cl)cc1)CCCCC.[CH]1[CH][CH][CH][CH]1.[CH]1[CH][CH][CH][CH]1.[Zr+4]. The summed E-state index contributed by atoms with van der Waals surface area (Å²) in [5, 5.41) is 13.8. The van der Waals surface area contributed by atoms with Crippen molar-refractivity contribution in [2.24, 2.45) is 0 Å². The quantitative estimate of drug-likeness (QED) is 0.164. The number of halogens is 1. The molecule has 2 atom stereocenters. The Morgan fingerprint density at radius 3 is 1.78 bits per heavy atom. The molecule has 0 aromatic heterocycles. The molecular weight excluding hydrogens is 551 g/mol. The van der Waals surface area contributed by atoms with Crippen molar-refractivity contribution in [3.05, 3.63) is 159 Å². The summed E-state index contributed by atoms with van der Waals surface area (Å²) in [5.74, 6) is -0.273. The van der Waals surface area contributed by atoms with Gasteiger partial charge in [0.1, 0.15) is 0 Å². The van der Waals surface area contributed by atoms with E-state index in [4.69, 9.17) is 11.6 Å². The molecule has 4 rings (SSSR count). The van der Waals surface area contributed by atoms with Crippen molar-refractivity contribution in [2.75, 3.05) is 0 Å². The van der Waals surface area contributed by atoms with E-state index in [1.165, 1.54) is 18.4 Å². The molecule has 2 aromatic carbocycles. The fourth-order valence-electron chi connectivity index (χ4n) is 3.60. The van der Waals surface area contributed by atoms with Crippen molar-refractivity contribution in [1.82, 2.24) is 0 Å². The van der Waals surface area contributed by atoms with Crippen LogP contribution < -0.4 is 5.11 Å². The van der Waals surface area contributed by atoms with Crippen molar-refractivity contribution >= 4 is 11.6 Å². The predicted octanol–water partition coefficient (Wildman–Crippen LogP) is 8.45. The van der Waals surface area contributed by atoms with E-state index in [9.17, 15) is 5.11 Å². The Labute approximate surface area is 251 Å². The molecule has 0 N–H and O–H groups in total. The van der Waals surface area contributed by atoms with E-state index >= 15 is 0 Å². The van der Waals surface area contributed by atoms with Gasteiger partial charge in [0.05, 0.1) is 0 Å². The Morgan fingerprint density at radius 2 is 1.32 bits per heavy atom. The van der Waals surface area contributed by atoms with Crippen molar-refractivity contribution in [1.29, 1.82) is 0 Å². The minimum atomic E-state index is -0.899. The molecule has 0 aliphatic heterocycles. The number of unbranched alkanes of at least 4 members (excludes halogenated alkanes) is 2. The van der Waals surface area contributed by atoms with Gasteiger partial charge in [-0.15, -0.1) is 5.73 Å². The Bertz CT molecular complexity index is 837. The van der Waals surface area contributed by atoms with Gasteiger partial charge in [0, 0.05) is 10.9 Å². The molecule has 0 bridgehead atoms. The Kier molecular flexibility index (Phi) is 20.3. The van der Waals surface area contributed by atoms with E-state index in [0.29, 0.717) is 5.02 Å². The zero-order chi connectivity index (χ0) is 25.8. The number of benzene rings is 2. The van der Waals surface area contributed by atoms with Gasteiger partial charge in [-0.05, 0) is 101 Å². The van der Waals surface area contributed by atoms with Crippen LogP contribution in [-0.4, -0.2) is 0 Å². The zero-order valence-corrected chi connectivity index (χ0v) is 24.9. The number of hydrogen-bond acceptors (Lipinski definition) is 1. The Balaban J connectivity index is 0.000000512. The van der Waals surface area contributed by atoms with Gasteiger partial charge >= 0.3 is 26.2 Å². The molecule has 2 aromatic rings. The Morgan fingerprint density at radius 1 is 0.811 bits per heavy atom. The standard InChI is InChI=1S/C24H27ClO.2C5H5.Zr/c1-3-5-7-10-19(4-2)13-18-23(20-11-8-6-9-12-20)24(26)21-14-16-22(25)17-15-21;2*1-2-4-5-3-1;/h6,8-9,11-12,14-18,23-24H,2-5,7,10H2,1H3;2*1-5H;/q-2;;;+4. The van der Waals surface area contributed by atoms with Gasteiger partial charge in [-0.2, -0.15) is 6.42 Å². The fourth-order valence-corrected chi connectivity index (χ4v) is 3.73. The van der Waals surface area contributed by atoms with Crippen LogP contribution in [0.5, 0.6) is 0 Å². The molecule has 2 unspecified atom stereocenters. The average molecular weight is 588 g/mol. The van der Waals surface area contributed by atoms with Gasteiger partial charge in [-0.1, -0.05) is 91.1 Å². The fraction of sp³-hybridized carbons (Fsp3) is 0.235. The summed E-state index contributed by atoms with van der Waals surface area (Å²) in [6, 6.07) is 17.1. The topological polar surface area (TPSA) is 23.1 Å². The smallest absolute Gasteiger partial charge is 0.848 e. The first-order valence-corrected chi connectivity index (χ1v) is 13.1. The van der Waals surface area contributed by atoms with Crippen molar-refractivity contribution in [2.45, 2.75) is 51.0 Å². The molecule has 188 valence electrons. The molecule has 1 nitrogen and oxygen atoms in total. The molecule has 37 heavy (non-hydrogen) atoms. The van der Waals surface area contributed by atoms with Crippen LogP contribution in [-0.2, 0) is 26.2 Å². The summed E-state index contributed by atoms with van der Waals surface area (Å²) in [6.07, 6.45) is 26.3. The van der Waals surface area contributed by atoms with Crippen LogP contribution >= 0.6 is 11.6 Å². The largest absolute Gasteiger partial charge is 4.00 e. The maximum atomic E-state index is 13.2. The van der Waals surface area contributed by atoms with Crippen LogP contribution in [0.2, 0.25) is 5.02 Å². The van der Waals surface area contributed by atoms with E-state index in [-0.39, 0.29) is 32.1 Å². The average Bonchev–Trinajstić information content (AvgIpc) is 3.69. The second-order valence-corrected chi connectivity index (χ2v) is 8.89. The van der Waals surface area contributed by atoms with E-state index in [2.05, 4.69) is 19.6 Å². The van der Waals surface area contributed by atoms with E-state index in [1.807, 2.05) is 113 Å². The van der Waals surface area contributed by atoms with Crippen molar-refractivity contribution < 1.29 is 31.3 Å². The molecular formula is C34H37ClOZr+2. The summed E-state index contributed by atoms with van der Waals surface area (Å²) < 4.78 is 0. The molecule has 2 aliphatic carbocycles. The van der Waals surface area contributed by atoms with Crippen LogP contribution in [0.15, 0.2) is 72.0 Å². The van der Waals surface area contributed by atoms with Crippen LogP contribution in [0.25, 0.3) is 0 Å². The predicted molar refractivity (Wildman–Crippen MR) is 152 cm³/mol. The molecule has 3 heteroatoms. The molecule has 2 fully saturated rings. The van der Waals surface area contributed by atoms with Crippen LogP contribution in [0.1, 0.15) is 62.2 Å². The summed E-state index contributed by atoms with van der Waals surface area (Å²) in [6.45, 7) is 6.21. The van der Waals surface area contributed by atoms with Gasteiger partial charge in [-0.3, -0.25) is 0 Å². The normalized spacial score (nSPS) is 15.6. The molecule has 2 saturated carbocycles. The second-order valence-electron chi connectivity index (χ2n) is 8.45. The summed E-state index contributed by atoms with van der Waals surface area (Å²) >= 11 is 5.96. The third-order valence-corrected chi connectivity index (χ3v) is 5.92. The third-order valence-electron chi connectivity index (χ3n) is 5.67. The summed E-state index contributed by atoms with van der Waals surface area (Å²) in [5.41, 5.74) is 6.32. The number of rotatable bonds is 9. The van der Waals surface area contributed by atoms with Gasteiger partial charge in [-0.25, -0.2) is 0 Å². The van der Waals surface area contributed by atoms with Crippen LogP contribution in [0.4, 0.5) is 0 Å². The maximum Gasteiger partial charge on any atom is 4.00 e. The minimum Gasteiger partial charge on any atom is -0.848 e. The van der Waals surface area contributed by atoms with E-state index in [0.717, 1.165) is 30.4 Å². The van der Waals surface area contributed by atoms with Gasteiger partial charge in [0.2, 0.25) is 0 Å². The van der Waals surface area contributed by atoms with Gasteiger partial charge in [0.15, 0.2) is 0 Å². The second kappa shape index (κ2) is 22.0. The summed E-state index contributed by atoms with van der Waals surface area (Å²) in [7, 11) is 0. The molecule has 2 aliphatic rings. The van der Waals surface area contributed by atoms with E-state index in [1.54, 1.807) is 12.1 Å². The summed E-state index contributed by atoms with van der Waals surface area (Å²) in [4.78, 5) is 0. The maximum absolute atomic E-state index is 13.2. The molecule has 0 saturated heterocycles. The van der Waals surface area contributed by atoms with E-state index < -0.39 is 6.10 Å². The number of hydrogen-bond donors (Lipinski definition) is 0. The monoisotopic (exact) mass is 586 g/mol. The van der Waals surface area contributed by atoms with Crippen molar-refractivity contribution in [3.63, 3.8) is 0 Å². The van der Waals surface area contributed by atoms with Gasteiger partial charge < -0.3 is 12.0 Å². The molecule has 0 spiro atoms. The molecule has 0 amide bonds. The minimum absolute atomic E-state index is 0. The molecule has 0 heterocycles. The Hall–Kier alpha value is -0.907. The first-order valence-electron chi connectivity index (χ1n) is 12.7. The zero-order valence-electron chi connectivity index (χ0n) is 21.7. The third kappa shape index (κ3) is 14.7. The van der Waals surface area contributed by atoms with Crippen LogP contribution in [0.3, 0.4) is 0 Å². The molecule has 10 radical (unpaired) electrons.